The van der Waals surface area contributed by atoms with Crippen molar-refractivity contribution in [3.05, 3.63) is 76.8 Å². The van der Waals surface area contributed by atoms with Crippen LogP contribution in [0, 0.1) is 18.3 Å². The second kappa shape index (κ2) is 8.88. The molecule has 1 N–H and O–H groups in total. The molecule has 0 spiro atoms. The van der Waals surface area contributed by atoms with Crippen LogP contribution in [0.25, 0.3) is 5.88 Å². The predicted molar refractivity (Wildman–Crippen MR) is 101 cm³/mol. The summed E-state index contributed by atoms with van der Waals surface area (Å²) in [5.74, 6) is 0.141. The Labute approximate surface area is 170 Å². The number of hydrogen-bond donors (Lipinski definition) is 1. The Bertz CT molecular complexity index is 1050. The van der Waals surface area contributed by atoms with Crippen LogP contribution in [0.15, 0.2) is 53.2 Å². The average molecular weight is 417 g/mol. The number of ether oxygens (including phenoxy) is 1. The zero-order chi connectivity index (χ0) is 21.7. The minimum atomic E-state index is -4.36. The number of benzene rings is 1. The Morgan fingerprint density at radius 2 is 1.83 bits per heavy atom. The van der Waals surface area contributed by atoms with Gasteiger partial charge >= 0.3 is 6.18 Å². The summed E-state index contributed by atoms with van der Waals surface area (Å²) in [5, 5.41) is 12.2. The Morgan fingerprint density at radius 1 is 1.20 bits per heavy atom. The second-order valence-corrected chi connectivity index (χ2v) is 6.52. The second-order valence-electron chi connectivity index (χ2n) is 6.52. The van der Waals surface area contributed by atoms with E-state index < -0.39 is 18.7 Å². The number of nitrogens with zero attached hydrogens (tertiary/aromatic N) is 2. The molecule has 0 bridgehead atoms. The SMILES string of the molecule is Cc1oc(-n2cccc2)c(C#N)c1C(=O)NCc1ccc(COCC(F)(F)F)cc1. The Morgan fingerprint density at radius 3 is 2.43 bits per heavy atom. The number of carbonyl (C=O) groups is 1. The monoisotopic (exact) mass is 417 g/mol. The molecule has 6 nitrogen and oxygen atoms in total. The third-order valence-electron chi connectivity index (χ3n) is 4.25. The minimum absolute atomic E-state index is 0.137. The van der Waals surface area contributed by atoms with Crippen molar-refractivity contribution in [1.29, 1.82) is 5.26 Å². The van der Waals surface area contributed by atoms with Crippen molar-refractivity contribution in [2.75, 3.05) is 6.61 Å². The van der Waals surface area contributed by atoms with Gasteiger partial charge < -0.3 is 14.5 Å². The molecule has 0 saturated carbocycles. The van der Waals surface area contributed by atoms with E-state index in [1.165, 1.54) is 0 Å². The van der Waals surface area contributed by atoms with Gasteiger partial charge in [-0.1, -0.05) is 24.3 Å². The molecule has 0 saturated heterocycles. The van der Waals surface area contributed by atoms with Gasteiger partial charge in [-0.2, -0.15) is 18.4 Å². The largest absolute Gasteiger partial charge is 0.443 e. The fourth-order valence-electron chi connectivity index (χ4n) is 2.87. The van der Waals surface area contributed by atoms with Gasteiger partial charge in [-0.15, -0.1) is 0 Å². The summed E-state index contributed by atoms with van der Waals surface area (Å²) in [7, 11) is 0. The summed E-state index contributed by atoms with van der Waals surface area (Å²) in [6, 6.07) is 12.2. The Balaban J connectivity index is 1.63. The zero-order valence-electron chi connectivity index (χ0n) is 16.0. The number of furan rings is 1. The molecule has 0 atom stereocenters. The molecule has 9 heteroatoms. The van der Waals surface area contributed by atoms with E-state index in [1.54, 1.807) is 60.3 Å². The molecule has 3 aromatic rings. The molecule has 0 aliphatic carbocycles. The Hall–Kier alpha value is -3.51. The van der Waals surface area contributed by atoms with E-state index in [4.69, 9.17) is 4.42 Å². The summed E-state index contributed by atoms with van der Waals surface area (Å²) < 4.78 is 48.2. The molecular formula is C21H18F3N3O3. The van der Waals surface area contributed by atoms with E-state index in [2.05, 4.69) is 10.1 Å². The molecule has 0 fully saturated rings. The lowest BCUT2D eigenvalue weighted by atomic mass is 10.1. The van der Waals surface area contributed by atoms with Gasteiger partial charge in [0, 0.05) is 18.9 Å². The summed E-state index contributed by atoms with van der Waals surface area (Å²) in [4.78, 5) is 12.6. The molecule has 1 amide bonds. The highest BCUT2D eigenvalue weighted by atomic mass is 19.4. The first-order chi connectivity index (χ1) is 14.3. The lowest BCUT2D eigenvalue weighted by Crippen LogP contribution is -2.24. The van der Waals surface area contributed by atoms with Crippen LogP contribution in [0.3, 0.4) is 0 Å². The summed E-state index contributed by atoms with van der Waals surface area (Å²) in [5.41, 5.74) is 1.63. The lowest BCUT2D eigenvalue weighted by molar-refractivity contribution is -0.176. The molecular weight excluding hydrogens is 399 g/mol. The highest BCUT2D eigenvalue weighted by molar-refractivity contribution is 5.98. The van der Waals surface area contributed by atoms with Crippen molar-refractivity contribution in [2.45, 2.75) is 26.3 Å². The van der Waals surface area contributed by atoms with E-state index in [-0.39, 0.29) is 30.2 Å². The summed E-state index contributed by atoms with van der Waals surface area (Å²) in [6.45, 7) is 0.324. The zero-order valence-corrected chi connectivity index (χ0v) is 16.0. The standard InChI is InChI=1S/C21H18F3N3O3/c1-14-18(17(10-25)20(30-14)27-8-2-3-9-27)19(28)26-11-15-4-6-16(7-5-15)12-29-13-21(22,23)24/h2-9H,11-13H2,1H3,(H,26,28). The van der Waals surface area contributed by atoms with E-state index >= 15 is 0 Å². The van der Waals surface area contributed by atoms with Crippen LogP contribution < -0.4 is 5.32 Å². The highest BCUT2D eigenvalue weighted by Crippen LogP contribution is 2.25. The number of nitrogens with one attached hydrogen (secondary N) is 1. The maximum atomic E-state index is 12.6. The number of alkyl halides is 3. The van der Waals surface area contributed by atoms with E-state index in [9.17, 15) is 23.2 Å². The van der Waals surface area contributed by atoms with Crippen LogP contribution in [0.2, 0.25) is 0 Å². The maximum absolute atomic E-state index is 12.6. The number of aryl methyl sites for hydroxylation is 1. The van der Waals surface area contributed by atoms with Gasteiger partial charge in [-0.05, 0) is 30.2 Å². The normalized spacial score (nSPS) is 11.3. The first-order valence-corrected chi connectivity index (χ1v) is 8.96. The summed E-state index contributed by atoms with van der Waals surface area (Å²) in [6.07, 6.45) is -0.944. The van der Waals surface area contributed by atoms with Gasteiger partial charge in [0.05, 0.1) is 6.61 Å². The molecule has 0 radical (unpaired) electrons. The van der Waals surface area contributed by atoms with Crippen molar-refractivity contribution >= 4 is 5.91 Å². The number of amides is 1. The van der Waals surface area contributed by atoms with Gasteiger partial charge in [0.25, 0.3) is 5.91 Å². The first kappa shape index (κ1) is 21.2. The highest BCUT2D eigenvalue weighted by Gasteiger charge is 2.27. The van der Waals surface area contributed by atoms with Crippen molar-refractivity contribution in [2.24, 2.45) is 0 Å². The molecule has 156 valence electrons. The molecule has 2 aromatic heterocycles. The van der Waals surface area contributed by atoms with Crippen LogP contribution in [0.1, 0.15) is 32.8 Å². The van der Waals surface area contributed by atoms with Gasteiger partial charge in [-0.25, -0.2) is 0 Å². The number of aromatic nitrogens is 1. The topological polar surface area (TPSA) is 80.2 Å². The third-order valence-corrected chi connectivity index (χ3v) is 4.25. The first-order valence-electron chi connectivity index (χ1n) is 8.96. The number of rotatable bonds is 7. The smallest absolute Gasteiger partial charge is 0.411 e. The number of halogens is 3. The van der Waals surface area contributed by atoms with Crippen LogP contribution >= 0.6 is 0 Å². The molecule has 0 aliphatic rings. The van der Waals surface area contributed by atoms with E-state index in [0.29, 0.717) is 11.3 Å². The van der Waals surface area contributed by atoms with Crippen molar-refractivity contribution in [3.8, 4) is 12.0 Å². The van der Waals surface area contributed by atoms with Gasteiger partial charge in [-0.3, -0.25) is 9.36 Å². The van der Waals surface area contributed by atoms with Gasteiger partial charge in [0.15, 0.2) is 0 Å². The lowest BCUT2D eigenvalue weighted by Gasteiger charge is -2.09. The van der Waals surface area contributed by atoms with Gasteiger partial charge in [0.2, 0.25) is 5.88 Å². The molecule has 0 aliphatic heterocycles. The summed E-state index contributed by atoms with van der Waals surface area (Å²) >= 11 is 0. The van der Waals surface area contributed by atoms with E-state index in [0.717, 1.165) is 5.56 Å². The molecule has 0 unspecified atom stereocenters. The minimum Gasteiger partial charge on any atom is -0.443 e. The molecule has 1 aromatic carbocycles. The molecule has 3 rings (SSSR count). The maximum Gasteiger partial charge on any atom is 0.411 e. The average Bonchev–Trinajstić information content (AvgIpc) is 3.33. The van der Waals surface area contributed by atoms with Crippen LogP contribution in [0.5, 0.6) is 0 Å². The van der Waals surface area contributed by atoms with E-state index in [1.807, 2.05) is 6.07 Å². The van der Waals surface area contributed by atoms with Crippen LogP contribution in [-0.4, -0.2) is 23.3 Å². The number of hydrogen-bond acceptors (Lipinski definition) is 4. The predicted octanol–water partition coefficient (Wildman–Crippen LogP) is 4.26. The third kappa shape index (κ3) is 5.10. The van der Waals surface area contributed by atoms with Crippen LogP contribution in [0.4, 0.5) is 13.2 Å². The molecule has 2 heterocycles. The number of nitriles is 1. The van der Waals surface area contributed by atoms with Crippen molar-refractivity contribution in [3.63, 3.8) is 0 Å². The number of carbonyl (C=O) groups excluding carboxylic acids is 1. The van der Waals surface area contributed by atoms with Gasteiger partial charge in [0.1, 0.15) is 29.6 Å². The van der Waals surface area contributed by atoms with Crippen LogP contribution in [-0.2, 0) is 17.9 Å². The Kier molecular flexibility index (Phi) is 6.28. The fourth-order valence-corrected chi connectivity index (χ4v) is 2.87. The van der Waals surface area contributed by atoms with Crippen molar-refractivity contribution < 1.29 is 27.1 Å². The van der Waals surface area contributed by atoms with Crippen molar-refractivity contribution in [1.82, 2.24) is 9.88 Å². The fraction of sp³-hybridized carbons (Fsp3) is 0.238. The molecule has 30 heavy (non-hydrogen) atoms. The quantitative estimate of drug-likeness (QED) is 0.623.